The van der Waals surface area contributed by atoms with Crippen LogP contribution in [0.25, 0.3) is 11.3 Å². The van der Waals surface area contributed by atoms with Gasteiger partial charge in [-0.05, 0) is 76.5 Å². The minimum Gasteiger partial charge on any atom is -0.381 e. The van der Waals surface area contributed by atoms with Crippen molar-refractivity contribution in [3.63, 3.8) is 0 Å². The summed E-state index contributed by atoms with van der Waals surface area (Å²) in [5.74, 6) is 1.90. The summed E-state index contributed by atoms with van der Waals surface area (Å²) in [5.41, 5.74) is 12.9. The Morgan fingerprint density at radius 3 is 2.62 bits per heavy atom. The molecule has 3 heterocycles. The number of nitrogens with zero attached hydrogens (tertiary/aromatic N) is 2. The van der Waals surface area contributed by atoms with E-state index < -0.39 is 5.54 Å². The molecule has 1 amide bonds. The van der Waals surface area contributed by atoms with Gasteiger partial charge < -0.3 is 32.2 Å². The Kier molecular flexibility index (Phi) is 8.90. The SMILES string of the molecule is CC(C)(N)C(=O)NC[C@H]1CC[C@H](Nc2cc(-c3cccc(NCC4(N)CCOCC4)n3)c(Cl)cn2)CC1. The zero-order valence-corrected chi connectivity index (χ0v) is 22.6. The Labute approximate surface area is 224 Å². The summed E-state index contributed by atoms with van der Waals surface area (Å²) in [6.07, 6.45) is 7.42. The number of anilines is 2. The number of rotatable bonds is 9. The van der Waals surface area contributed by atoms with Crippen LogP contribution in [0.2, 0.25) is 5.02 Å². The highest BCUT2D eigenvalue weighted by Gasteiger charge is 2.28. The molecule has 2 aromatic heterocycles. The first-order chi connectivity index (χ1) is 17.6. The third-order valence-electron chi connectivity index (χ3n) is 7.33. The summed E-state index contributed by atoms with van der Waals surface area (Å²) >= 11 is 6.53. The normalized spacial score (nSPS) is 21.8. The smallest absolute Gasteiger partial charge is 0.239 e. The van der Waals surface area contributed by atoms with Crippen LogP contribution in [0, 0.1) is 5.92 Å². The maximum absolute atomic E-state index is 12.0. The lowest BCUT2D eigenvalue weighted by atomic mass is 9.86. The summed E-state index contributed by atoms with van der Waals surface area (Å²) in [6, 6.07) is 8.14. The van der Waals surface area contributed by atoms with Gasteiger partial charge in [0.15, 0.2) is 0 Å². The van der Waals surface area contributed by atoms with Gasteiger partial charge in [0.05, 0.1) is 16.3 Å². The molecular formula is C27H40ClN7O2. The molecule has 0 radical (unpaired) electrons. The molecule has 37 heavy (non-hydrogen) atoms. The molecule has 0 atom stereocenters. The Morgan fingerprint density at radius 2 is 1.92 bits per heavy atom. The first kappa shape index (κ1) is 27.6. The molecule has 1 aliphatic carbocycles. The van der Waals surface area contributed by atoms with Crippen LogP contribution in [0.15, 0.2) is 30.5 Å². The van der Waals surface area contributed by atoms with Crippen molar-refractivity contribution in [1.29, 1.82) is 0 Å². The lowest BCUT2D eigenvalue weighted by Crippen LogP contribution is -2.50. The maximum Gasteiger partial charge on any atom is 0.239 e. The van der Waals surface area contributed by atoms with Crippen LogP contribution >= 0.6 is 11.6 Å². The van der Waals surface area contributed by atoms with Crippen molar-refractivity contribution >= 4 is 29.1 Å². The second kappa shape index (κ2) is 11.9. The molecule has 202 valence electrons. The van der Waals surface area contributed by atoms with Gasteiger partial charge in [-0.15, -0.1) is 0 Å². The predicted octanol–water partition coefficient (Wildman–Crippen LogP) is 3.54. The molecule has 2 aromatic rings. The highest BCUT2D eigenvalue weighted by atomic mass is 35.5. The molecule has 0 bridgehead atoms. The van der Waals surface area contributed by atoms with E-state index in [1.165, 1.54) is 0 Å². The van der Waals surface area contributed by atoms with Crippen LogP contribution in [0.3, 0.4) is 0 Å². The standard InChI is InChI=1S/C27H40ClN7O2/c1-26(2,29)25(36)32-15-18-6-8-19(9-7-18)34-24-14-20(21(28)16-31-24)22-4-3-5-23(35-22)33-17-27(30)10-12-37-13-11-27/h3-5,14,16,18-19H,6-13,15,17,29-30H2,1-2H3,(H,31,34)(H,32,36)(H,33,35)/t18-,19-. The number of hydrogen-bond acceptors (Lipinski definition) is 8. The number of nitrogens with two attached hydrogens (primary N) is 2. The second-order valence-corrected chi connectivity index (χ2v) is 11.5. The van der Waals surface area contributed by atoms with E-state index in [-0.39, 0.29) is 11.4 Å². The summed E-state index contributed by atoms with van der Waals surface area (Å²) < 4.78 is 5.44. The maximum atomic E-state index is 12.0. The minimum absolute atomic E-state index is 0.107. The number of ether oxygens (including phenoxy) is 1. The molecule has 2 aliphatic rings. The number of halogens is 1. The molecular weight excluding hydrogens is 490 g/mol. The number of amides is 1. The molecule has 4 rings (SSSR count). The zero-order valence-electron chi connectivity index (χ0n) is 21.9. The van der Waals surface area contributed by atoms with E-state index in [0.717, 1.165) is 61.4 Å². The molecule has 9 nitrogen and oxygen atoms in total. The summed E-state index contributed by atoms with van der Waals surface area (Å²) in [4.78, 5) is 21.3. The van der Waals surface area contributed by atoms with Gasteiger partial charge in [0.1, 0.15) is 11.6 Å². The molecule has 0 spiro atoms. The highest BCUT2D eigenvalue weighted by molar-refractivity contribution is 6.33. The van der Waals surface area contributed by atoms with E-state index in [1.807, 2.05) is 24.3 Å². The van der Waals surface area contributed by atoms with Gasteiger partial charge in [-0.3, -0.25) is 4.79 Å². The van der Waals surface area contributed by atoms with E-state index >= 15 is 0 Å². The summed E-state index contributed by atoms with van der Waals surface area (Å²) in [6.45, 7) is 6.14. The van der Waals surface area contributed by atoms with Crippen molar-refractivity contribution in [3.05, 3.63) is 35.5 Å². The van der Waals surface area contributed by atoms with Crippen molar-refractivity contribution in [2.24, 2.45) is 17.4 Å². The Morgan fingerprint density at radius 1 is 1.19 bits per heavy atom. The average Bonchev–Trinajstić information content (AvgIpc) is 2.88. The molecule has 10 heteroatoms. The Balaban J connectivity index is 1.33. The fourth-order valence-corrected chi connectivity index (χ4v) is 5.00. The van der Waals surface area contributed by atoms with Crippen molar-refractivity contribution in [1.82, 2.24) is 15.3 Å². The van der Waals surface area contributed by atoms with Gasteiger partial charge in [0.2, 0.25) is 5.91 Å². The van der Waals surface area contributed by atoms with Gasteiger partial charge in [0, 0.05) is 49.6 Å². The minimum atomic E-state index is -0.849. The molecule has 0 aromatic carbocycles. The number of pyridine rings is 2. The van der Waals surface area contributed by atoms with Crippen molar-refractivity contribution in [3.8, 4) is 11.3 Å². The molecule has 2 fully saturated rings. The van der Waals surface area contributed by atoms with Crippen LogP contribution in [-0.2, 0) is 9.53 Å². The van der Waals surface area contributed by atoms with Gasteiger partial charge in [-0.1, -0.05) is 17.7 Å². The van der Waals surface area contributed by atoms with Crippen LogP contribution in [0.4, 0.5) is 11.6 Å². The summed E-state index contributed by atoms with van der Waals surface area (Å²) in [7, 11) is 0. The monoisotopic (exact) mass is 529 g/mol. The fourth-order valence-electron chi connectivity index (χ4n) is 4.80. The highest BCUT2D eigenvalue weighted by Crippen LogP contribution is 2.31. The second-order valence-electron chi connectivity index (χ2n) is 11.1. The van der Waals surface area contributed by atoms with E-state index in [9.17, 15) is 4.79 Å². The topological polar surface area (TPSA) is 140 Å². The van der Waals surface area contributed by atoms with E-state index in [1.54, 1.807) is 20.0 Å². The van der Waals surface area contributed by atoms with Gasteiger partial charge >= 0.3 is 0 Å². The number of carbonyl (C=O) groups excluding carboxylic acids is 1. The largest absolute Gasteiger partial charge is 0.381 e. The summed E-state index contributed by atoms with van der Waals surface area (Å²) in [5, 5.41) is 10.5. The van der Waals surface area contributed by atoms with E-state index in [0.29, 0.717) is 43.3 Å². The number of aromatic nitrogens is 2. The molecule has 1 saturated carbocycles. The van der Waals surface area contributed by atoms with Gasteiger partial charge in [0.25, 0.3) is 0 Å². The van der Waals surface area contributed by atoms with Crippen LogP contribution in [-0.4, -0.2) is 59.3 Å². The molecule has 1 aliphatic heterocycles. The Bertz CT molecular complexity index is 1060. The molecule has 1 saturated heterocycles. The third kappa shape index (κ3) is 7.77. The van der Waals surface area contributed by atoms with Crippen LogP contribution in [0.1, 0.15) is 52.4 Å². The zero-order chi connectivity index (χ0) is 26.5. The lowest BCUT2D eigenvalue weighted by Gasteiger charge is -2.33. The van der Waals surface area contributed by atoms with Crippen molar-refractivity contribution in [2.75, 3.05) is 36.9 Å². The Hall–Kier alpha value is -2.46. The van der Waals surface area contributed by atoms with E-state index in [2.05, 4.69) is 20.9 Å². The number of hydrogen-bond donors (Lipinski definition) is 5. The lowest BCUT2D eigenvalue weighted by molar-refractivity contribution is -0.125. The molecule has 0 unspecified atom stereocenters. The van der Waals surface area contributed by atoms with Crippen LogP contribution in [0.5, 0.6) is 0 Å². The van der Waals surface area contributed by atoms with Crippen molar-refractivity contribution < 1.29 is 9.53 Å². The molecule has 7 N–H and O–H groups in total. The van der Waals surface area contributed by atoms with E-state index in [4.69, 9.17) is 32.8 Å². The number of carbonyl (C=O) groups is 1. The van der Waals surface area contributed by atoms with Gasteiger partial charge in [-0.2, -0.15) is 0 Å². The quantitative estimate of drug-likeness (QED) is 0.332. The van der Waals surface area contributed by atoms with Crippen molar-refractivity contribution in [2.45, 2.75) is 69.5 Å². The average molecular weight is 530 g/mol. The number of nitrogens with one attached hydrogen (secondary N) is 3. The first-order valence-electron chi connectivity index (χ1n) is 13.2. The third-order valence-corrected chi connectivity index (χ3v) is 7.63. The van der Waals surface area contributed by atoms with Gasteiger partial charge in [-0.25, -0.2) is 9.97 Å². The first-order valence-corrected chi connectivity index (χ1v) is 13.6. The fraction of sp³-hybridized carbons (Fsp3) is 0.593. The van der Waals surface area contributed by atoms with Crippen LogP contribution < -0.4 is 27.4 Å². The predicted molar refractivity (Wildman–Crippen MR) is 149 cm³/mol.